The predicted molar refractivity (Wildman–Crippen MR) is 80.3 cm³/mol. The molecule has 1 heterocycles. The third-order valence-corrected chi connectivity index (χ3v) is 5.64. The molecule has 0 aromatic rings. The number of hydrogen-bond acceptors (Lipinski definition) is 3. The maximum Gasteiger partial charge on any atom is 0.0611 e. The molecular formula is C16H32N2O. The quantitative estimate of drug-likeness (QED) is 0.803. The Morgan fingerprint density at radius 1 is 1.26 bits per heavy atom. The van der Waals surface area contributed by atoms with Gasteiger partial charge in [0.15, 0.2) is 0 Å². The van der Waals surface area contributed by atoms with E-state index in [1.54, 1.807) is 0 Å². The molecule has 4 unspecified atom stereocenters. The lowest BCUT2D eigenvalue weighted by atomic mass is 9.74. The Morgan fingerprint density at radius 2 is 1.95 bits per heavy atom. The molecule has 19 heavy (non-hydrogen) atoms. The Hall–Kier alpha value is -0.120. The Bertz CT molecular complexity index is 278. The topological polar surface area (TPSA) is 35.5 Å². The van der Waals surface area contributed by atoms with Gasteiger partial charge in [0, 0.05) is 18.1 Å². The first kappa shape index (κ1) is 15.3. The first-order valence-corrected chi connectivity index (χ1v) is 8.12. The molecule has 112 valence electrons. The van der Waals surface area contributed by atoms with Gasteiger partial charge in [0.2, 0.25) is 0 Å². The second kappa shape index (κ2) is 6.55. The van der Waals surface area contributed by atoms with Crippen molar-refractivity contribution >= 4 is 0 Å². The molecule has 4 atom stereocenters. The summed E-state index contributed by atoms with van der Waals surface area (Å²) in [4.78, 5) is 2.66. The summed E-state index contributed by atoms with van der Waals surface area (Å²) >= 11 is 0. The number of nitrogens with one attached hydrogen (secondary N) is 1. The van der Waals surface area contributed by atoms with Crippen molar-refractivity contribution in [3.05, 3.63) is 0 Å². The fourth-order valence-corrected chi connectivity index (χ4v) is 4.06. The van der Waals surface area contributed by atoms with Crippen molar-refractivity contribution in [2.24, 2.45) is 11.8 Å². The van der Waals surface area contributed by atoms with Gasteiger partial charge in [0.05, 0.1) is 6.61 Å². The van der Waals surface area contributed by atoms with Crippen LogP contribution in [-0.2, 0) is 0 Å². The maximum absolute atomic E-state index is 9.54. The lowest BCUT2D eigenvalue weighted by molar-refractivity contribution is 0.0437. The fraction of sp³-hybridized carbons (Fsp3) is 1.00. The van der Waals surface area contributed by atoms with Gasteiger partial charge in [-0.25, -0.2) is 0 Å². The first-order chi connectivity index (χ1) is 9.08. The molecule has 2 fully saturated rings. The molecule has 2 N–H and O–H groups in total. The van der Waals surface area contributed by atoms with Gasteiger partial charge in [-0.15, -0.1) is 0 Å². The number of likely N-dealkylation sites (tertiary alicyclic amines) is 1. The zero-order valence-electron chi connectivity index (χ0n) is 13.0. The number of aliphatic hydroxyl groups excluding tert-OH is 1. The zero-order valence-corrected chi connectivity index (χ0v) is 13.0. The summed E-state index contributed by atoms with van der Waals surface area (Å²) in [5, 5.41) is 12.8. The van der Waals surface area contributed by atoms with E-state index in [2.05, 4.69) is 24.1 Å². The number of fused-ring (bicyclic) bond motifs is 1. The van der Waals surface area contributed by atoms with Crippen LogP contribution in [0.1, 0.15) is 52.4 Å². The molecule has 0 aromatic heterocycles. The molecule has 2 rings (SSSR count). The van der Waals surface area contributed by atoms with E-state index in [9.17, 15) is 5.11 Å². The van der Waals surface area contributed by atoms with Crippen LogP contribution < -0.4 is 5.32 Å². The largest absolute Gasteiger partial charge is 0.394 e. The monoisotopic (exact) mass is 268 g/mol. The molecule has 0 amide bonds. The zero-order chi connectivity index (χ0) is 13.9. The van der Waals surface area contributed by atoms with E-state index in [1.165, 1.54) is 45.2 Å². The van der Waals surface area contributed by atoms with Crippen molar-refractivity contribution in [1.29, 1.82) is 0 Å². The van der Waals surface area contributed by atoms with Gasteiger partial charge in [-0.1, -0.05) is 19.3 Å². The molecular weight excluding hydrogens is 236 g/mol. The number of likely N-dealkylation sites (N-methyl/N-ethyl adjacent to an activating group) is 1. The molecule has 0 aromatic carbocycles. The summed E-state index contributed by atoms with van der Waals surface area (Å²) in [5.41, 5.74) is -0.136. The molecule has 1 saturated carbocycles. The minimum Gasteiger partial charge on any atom is -0.394 e. The highest BCUT2D eigenvalue weighted by Gasteiger charge is 2.34. The predicted octanol–water partition coefficient (Wildman–Crippen LogP) is 2.25. The van der Waals surface area contributed by atoms with E-state index in [0.29, 0.717) is 6.04 Å². The SMILES string of the molecule is CNC(C)(CO)CC(C)N1CCC2CCCCC2C1. The summed E-state index contributed by atoms with van der Waals surface area (Å²) in [6.45, 7) is 7.21. The highest BCUT2D eigenvalue weighted by Crippen LogP contribution is 2.37. The number of nitrogens with zero attached hydrogens (tertiary/aromatic N) is 1. The van der Waals surface area contributed by atoms with E-state index in [1.807, 2.05) is 7.05 Å². The van der Waals surface area contributed by atoms with Crippen molar-refractivity contribution in [2.75, 3.05) is 26.7 Å². The van der Waals surface area contributed by atoms with Gasteiger partial charge < -0.3 is 15.3 Å². The highest BCUT2D eigenvalue weighted by atomic mass is 16.3. The van der Waals surface area contributed by atoms with Crippen LogP contribution in [0.3, 0.4) is 0 Å². The standard InChI is InChI=1S/C16H32N2O/c1-13(10-16(2,12-19)17-3)18-9-8-14-6-4-5-7-15(14)11-18/h13-15,17,19H,4-12H2,1-3H3. The normalized spacial score (nSPS) is 33.5. The summed E-state index contributed by atoms with van der Waals surface area (Å²) in [6.07, 6.45) is 8.23. The van der Waals surface area contributed by atoms with Crippen LogP contribution in [0.5, 0.6) is 0 Å². The molecule has 0 radical (unpaired) electrons. The van der Waals surface area contributed by atoms with Gasteiger partial charge in [-0.3, -0.25) is 0 Å². The van der Waals surface area contributed by atoms with Crippen molar-refractivity contribution < 1.29 is 5.11 Å². The molecule has 1 aliphatic carbocycles. The Morgan fingerprint density at radius 3 is 2.58 bits per heavy atom. The average Bonchev–Trinajstić information content (AvgIpc) is 2.46. The van der Waals surface area contributed by atoms with Gasteiger partial charge in [-0.05, 0) is 58.5 Å². The van der Waals surface area contributed by atoms with Crippen LogP contribution in [0.15, 0.2) is 0 Å². The van der Waals surface area contributed by atoms with Gasteiger partial charge in [0.25, 0.3) is 0 Å². The third kappa shape index (κ3) is 3.71. The summed E-state index contributed by atoms with van der Waals surface area (Å²) in [7, 11) is 1.95. The van der Waals surface area contributed by atoms with Gasteiger partial charge >= 0.3 is 0 Å². The molecule has 0 spiro atoms. The lowest BCUT2D eigenvalue weighted by Gasteiger charge is -2.45. The molecule has 1 saturated heterocycles. The van der Waals surface area contributed by atoms with Gasteiger partial charge in [-0.2, -0.15) is 0 Å². The van der Waals surface area contributed by atoms with Crippen LogP contribution in [0, 0.1) is 11.8 Å². The van der Waals surface area contributed by atoms with Crippen LogP contribution in [0.4, 0.5) is 0 Å². The van der Waals surface area contributed by atoms with E-state index in [-0.39, 0.29) is 12.1 Å². The fourth-order valence-electron chi connectivity index (χ4n) is 4.06. The minimum atomic E-state index is -0.136. The maximum atomic E-state index is 9.54. The third-order valence-electron chi connectivity index (χ3n) is 5.64. The van der Waals surface area contributed by atoms with Crippen molar-refractivity contribution in [1.82, 2.24) is 10.2 Å². The lowest BCUT2D eigenvalue weighted by Crippen LogP contribution is -2.52. The van der Waals surface area contributed by atoms with E-state index >= 15 is 0 Å². The summed E-state index contributed by atoms with van der Waals surface area (Å²) in [5.74, 6) is 1.95. The van der Waals surface area contributed by atoms with Crippen LogP contribution in [-0.4, -0.2) is 48.3 Å². The van der Waals surface area contributed by atoms with E-state index in [4.69, 9.17) is 0 Å². The van der Waals surface area contributed by atoms with Crippen LogP contribution in [0.25, 0.3) is 0 Å². The molecule has 0 bridgehead atoms. The number of piperidine rings is 1. The van der Waals surface area contributed by atoms with Crippen molar-refractivity contribution in [3.8, 4) is 0 Å². The second-order valence-electron chi connectivity index (χ2n) is 7.11. The van der Waals surface area contributed by atoms with E-state index < -0.39 is 0 Å². The average molecular weight is 268 g/mol. The smallest absolute Gasteiger partial charge is 0.0611 e. The van der Waals surface area contributed by atoms with E-state index in [0.717, 1.165) is 18.3 Å². The highest BCUT2D eigenvalue weighted by molar-refractivity contribution is 4.90. The molecule has 3 heteroatoms. The molecule has 1 aliphatic heterocycles. The van der Waals surface area contributed by atoms with Crippen molar-refractivity contribution in [2.45, 2.75) is 64.0 Å². The molecule has 3 nitrogen and oxygen atoms in total. The first-order valence-electron chi connectivity index (χ1n) is 8.12. The summed E-state index contributed by atoms with van der Waals surface area (Å²) in [6, 6.07) is 0.562. The van der Waals surface area contributed by atoms with Gasteiger partial charge in [0.1, 0.15) is 0 Å². The molecule has 2 aliphatic rings. The summed E-state index contributed by atoms with van der Waals surface area (Å²) < 4.78 is 0. The van der Waals surface area contributed by atoms with Crippen LogP contribution >= 0.6 is 0 Å². The Balaban J connectivity index is 1.88. The number of rotatable bonds is 5. The number of hydrogen-bond donors (Lipinski definition) is 2. The minimum absolute atomic E-state index is 0.136. The van der Waals surface area contributed by atoms with Crippen molar-refractivity contribution in [3.63, 3.8) is 0 Å². The Kier molecular flexibility index (Phi) is 5.27. The van der Waals surface area contributed by atoms with Crippen LogP contribution in [0.2, 0.25) is 0 Å². The second-order valence-corrected chi connectivity index (χ2v) is 7.11. The number of aliphatic hydroxyl groups is 1. The Labute approximate surface area is 118 Å².